The maximum absolute atomic E-state index is 11.3. The van der Waals surface area contributed by atoms with Crippen LogP contribution in [0.5, 0.6) is 0 Å². The minimum absolute atomic E-state index is 0.266. The minimum atomic E-state index is -2.78. The summed E-state index contributed by atoms with van der Waals surface area (Å²) >= 11 is 0. The normalized spacial score (nSPS) is 19.2. The zero-order valence-electron chi connectivity index (χ0n) is 11.8. The van der Waals surface area contributed by atoms with Crippen LogP contribution >= 0.6 is 0 Å². The number of hydrogen-bond donors (Lipinski definition) is 1. The minimum Gasteiger partial charge on any atom is -0.316 e. The van der Waals surface area contributed by atoms with Crippen LogP contribution in [0.4, 0.5) is 0 Å². The maximum Gasteiger partial charge on any atom is 0.150 e. The Morgan fingerprint density at radius 3 is 2.44 bits per heavy atom. The first kappa shape index (κ1) is 15.9. The second-order valence-electron chi connectivity index (χ2n) is 5.17. The van der Waals surface area contributed by atoms with Crippen molar-refractivity contribution in [3.63, 3.8) is 0 Å². The Balaban J connectivity index is 2.02. The molecule has 0 aliphatic carbocycles. The third-order valence-electron chi connectivity index (χ3n) is 3.84. The van der Waals surface area contributed by atoms with Crippen molar-refractivity contribution in [2.75, 3.05) is 44.2 Å². The third kappa shape index (κ3) is 6.16. The zero-order chi connectivity index (χ0) is 13.4. The first-order valence-corrected chi connectivity index (χ1v) is 9.03. The number of rotatable bonds is 8. The summed E-state index contributed by atoms with van der Waals surface area (Å²) in [6, 6.07) is 0. The summed E-state index contributed by atoms with van der Waals surface area (Å²) < 4.78 is 22.6. The van der Waals surface area contributed by atoms with Crippen LogP contribution in [0.2, 0.25) is 0 Å². The van der Waals surface area contributed by atoms with E-state index in [1.54, 1.807) is 6.92 Å². The third-order valence-corrected chi connectivity index (χ3v) is 5.63. The number of sulfone groups is 1. The van der Waals surface area contributed by atoms with Crippen molar-refractivity contribution in [3.8, 4) is 0 Å². The molecule has 1 fully saturated rings. The lowest BCUT2D eigenvalue weighted by atomic mass is 9.97. The number of likely N-dealkylation sites (tertiary alicyclic amines) is 1. The quantitative estimate of drug-likeness (QED) is 0.675. The molecule has 4 nitrogen and oxygen atoms in total. The topological polar surface area (TPSA) is 49.4 Å². The van der Waals surface area contributed by atoms with Gasteiger partial charge in [-0.25, -0.2) is 8.42 Å². The first-order valence-electron chi connectivity index (χ1n) is 7.21. The summed E-state index contributed by atoms with van der Waals surface area (Å²) in [6.45, 7) is 9.39. The number of nitrogens with zero attached hydrogens (tertiary/aromatic N) is 1. The molecule has 0 radical (unpaired) electrons. The van der Waals surface area contributed by atoms with Crippen LogP contribution < -0.4 is 5.32 Å². The van der Waals surface area contributed by atoms with Crippen molar-refractivity contribution >= 4 is 9.84 Å². The molecule has 5 heteroatoms. The molecule has 1 rings (SSSR count). The molecule has 0 aromatic carbocycles. The van der Waals surface area contributed by atoms with E-state index in [0.717, 1.165) is 32.0 Å². The molecular formula is C13H28N2O2S. The number of piperidine rings is 1. The molecule has 0 amide bonds. The van der Waals surface area contributed by atoms with E-state index in [1.807, 2.05) is 0 Å². The lowest BCUT2D eigenvalue weighted by molar-refractivity contribution is 0.190. The monoisotopic (exact) mass is 276 g/mol. The molecule has 0 saturated carbocycles. The molecule has 0 spiro atoms. The second-order valence-corrected chi connectivity index (χ2v) is 7.64. The van der Waals surface area contributed by atoms with E-state index < -0.39 is 9.84 Å². The predicted molar refractivity (Wildman–Crippen MR) is 76.7 cm³/mol. The van der Waals surface area contributed by atoms with Crippen LogP contribution in [0.1, 0.15) is 33.1 Å². The van der Waals surface area contributed by atoms with Crippen LogP contribution in [0.15, 0.2) is 0 Å². The van der Waals surface area contributed by atoms with E-state index in [-0.39, 0.29) is 5.75 Å². The molecule has 0 bridgehead atoms. The Hall–Kier alpha value is -0.130. The molecule has 1 saturated heterocycles. The molecular weight excluding hydrogens is 248 g/mol. The van der Waals surface area contributed by atoms with E-state index in [4.69, 9.17) is 0 Å². The van der Waals surface area contributed by atoms with Crippen LogP contribution in [0.3, 0.4) is 0 Å². The van der Waals surface area contributed by atoms with Crippen molar-refractivity contribution in [3.05, 3.63) is 0 Å². The van der Waals surface area contributed by atoms with Gasteiger partial charge < -0.3 is 10.2 Å². The van der Waals surface area contributed by atoms with Gasteiger partial charge in [0.1, 0.15) is 9.84 Å². The van der Waals surface area contributed by atoms with Gasteiger partial charge in [0.15, 0.2) is 0 Å². The Labute approximate surface area is 112 Å². The maximum atomic E-state index is 11.3. The zero-order valence-corrected chi connectivity index (χ0v) is 12.6. The van der Waals surface area contributed by atoms with E-state index in [9.17, 15) is 8.42 Å². The highest BCUT2D eigenvalue weighted by molar-refractivity contribution is 7.91. The van der Waals surface area contributed by atoms with Gasteiger partial charge in [-0.2, -0.15) is 0 Å². The van der Waals surface area contributed by atoms with Crippen LogP contribution in [-0.4, -0.2) is 57.5 Å². The fourth-order valence-electron chi connectivity index (χ4n) is 2.37. The van der Waals surface area contributed by atoms with Crippen molar-refractivity contribution < 1.29 is 8.42 Å². The molecule has 1 heterocycles. The molecule has 18 heavy (non-hydrogen) atoms. The fourth-order valence-corrected chi connectivity index (χ4v) is 3.25. The highest BCUT2D eigenvalue weighted by Crippen LogP contribution is 2.15. The molecule has 108 valence electrons. The molecule has 0 unspecified atom stereocenters. The molecule has 0 atom stereocenters. The SMILES string of the molecule is CCN1CCC(CNCCCS(=O)(=O)CC)CC1. The largest absolute Gasteiger partial charge is 0.316 e. The Morgan fingerprint density at radius 1 is 1.22 bits per heavy atom. The summed E-state index contributed by atoms with van der Waals surface area (Å²) in [6.07, 6.45) is 3.28. The van der Waals surface area contributed by atoms with Crippen molar-refractivity contribution in [1.82, 2.24) is 10.2 Å². The summed E-state index contributed by atoms with van der Waals surface area (Å²) in [5.74, 6) is 1.36. The van der Waals surface area contributed by atoms with E-state index in [1.165, 1.54) is 25.9 Å². The van der Waals surface area contributed by atoms with Crippen molar-refractivity contribution in [2.24, 2.45) is 5.92 Å². The standard InChI is InChI=1S/C13H28N2O2S/c1-3-15-9-6-13(7-10-15)12-14-8-5-11-18(16,17)4-2/h13-14H,3-12H2,1-2H3. The highest BCUT2D eigenvalue weighted by Gasteiger charge is 2.17. The van der Waals surface area contributed by atoms with E-state index in [2.05, 4.69) is 17.1 Å². The van der Waals surface area contributed by atoms with Crippen molar-refractivity contribution in [2.45, 2.75) is 33.1 Å². The van der Waals surface area contributed by atoms with Gasteiger partial charge in [-0.3, -0.25) is 0 Å². The van der Waals surface area contributed by atoms with Gasteiger partial charge >= 0.3 is 0 Å². The number of nitrogens with one attached hydrogen (secondary N) is 1. The van der Waals surface area contributed by atoms with Gasteiger partial charge in [0.05, 0.1) is 5.75 Å². The highest BCUT2D eigenvalue weighted by atomic mass is 32.2. The van der Waals surface area contributed by atoms with Crippen LogP contribution in [0.25, 0.3) is 0 Å². The first-order chi connectivity index (χ1) is 8.57. The average molecular weight is 276 g/mol. The lowest BCUT2D eigenvalue weighted by Gasteiger charge is -2.31. The van der Waals surface area contributed by atoms with Gasteiger partial charge in [-0.1, -0.05) is 13.8 Å². The van der Waals surface area contributed by atoms with Gasteiger partial charge in [-0.15, -0.1) is 0 Å². The Morgan fingerprint density at radius 2 is 1.89 bits per heavy atom. The molecule has 0 aromatic heterocycles. The van der Waals surface area contributed by atoms with Crippen molar-refractivity contribution in [1.29, 1.82) is 0 Å². The van der Waals surface area contributed by atoms with Gasteiger partial charge in [-0.05, 0) is 57.9 Å². The fraction of sp³-hybridized carbons (Fsp3) is 1.00. The van der Waals surface area contributed by atoms with Crippen LogP contribution in [-0.2, 0) is 9.84 Å². The van der Waals surface area contributed by atoms with Gasteiger partial charge in [0.2, 0.25) is 0 Å². The van der Waals surface area contributed by atoms with Gasteiger partial charge in [0, 0.05) is 5.75 Å². The lowest BCUT2D eigenvalue weighted by Crippen LogP contribution is -2.37. The number of hydrogen-bond acceptors (Lipinski definition) is 4. The van der Waals surface area contributed by atoms with Gasteiger partial charge in [0.25, 0.3) is 0 Å². The average Bonchev–Trinajstić information content (AvgIpc) is 2.39. The summed E-state index contributed by atoms with van der Waals surface area (Å²) in [5.41, 5.74) is 0. The summed E-state index contributed by atoms with van der Waals surface area (Å²) in [4.78, 5) is 2.49. The summed E-state index contributed by atoms with van der Waals surface area (Å²) in [5, 5.41) is 3.40. The molecule has 0 aromatic rings. The Kier molecular flexibility index (Phi) is 7.19. The predicted octanol–water partition coefficient (Wildman–Crippen LogP) is 1.13. The molecule has 1 aliphatic heterocycles. The smallest absolute Gasteiger partial charge is 0.150 e. The van der Waals surface area contributed by atoms with Crippen LogP contribution in [0, 0.1) is 5.92 Å². The van der Waals surface area contributed by atoms with E-state index >= 15 is 0 Å². The molecule has 1 N–H and O–H groups in total. The molecule has 1 aliphatic rings. The summed E-state index contributed by atoms with van der Waals surface area (Å²) in [7, 11) is -2.78. The Bertz CT molecular complexity index is 309. The van der Waals surface area contributed by atoms with E-state index in [0.29, 0.717) is 5.75 Å². The second kappa shape index (κ2) is 8.12.